The van der Waals surface area contributed by atoms with Crippen molar-refractivity contribution >= 4 is 17.6 Å². The largest absolute Gasteiger partial charge is 0.341 e. The minimum atomic E-state index is -0.322. The van der Waals surface area contributed by atoms with E-state index in [1.807, 2.05) is 6.92 Å². The van der Waals surface area contributed by atoms with Crippen molar-refractivity contribution in [3.8, 4) is 11.5 Å². The van der Waals surface area contributed by atoms with Gasteiger partial charge < -0.3 is 20.1 Å². The molecule has 0 bridgehead atoms. The summed E-state index contributed by atoms with van der Waals surface area (Å²) in [6.45, 7) is 5.08. The number of carbonyl (C=O) groups is 2. The van der Waals surface area contributed by atoms with Gasteiger partial charge >= 0.3 is 6.03 Å². The Labute approximate surface area is 145 Å². The standard InChI is InChI=1S/C17H21N5O3/c1-3-8-22-10-14(9-15(22)23)20-17(24)19-13-6-4-12(5-7-13)16-18-11(2)21-25-16/h4-7,14H,3,8-10H2,1-2H3,(H2,19,20,24)/t14-/m0/s1. The molecule has 0 radical (unpaired) electrons. The average Bonchev–Trinajstić information content (AvgIpc) is 3.15. The Hall–Kier alpha value is -2.90. The summed E-state index contributed by atoms with van der Waals surface area (Å²) in [7, 11) is 0. The Morgan fingerprint density at radius 1 is 1.36 bits per heavy atom. The average molecular weight is 343 g/mol. The molecule has 0 unspecified atom stereocenters. The first kappa shape index (κ1) is 16.9. The molecule has 1 aliphatic rings. The molecule has 2 N–H and O–H groups in total. The molecular weight excluding hydrogens is 322 g/mol. The first-order chi connectivity index (χ1) is 12.0. The van der Waals surface area contributed by atoms with Gasteiger partial charge in [-0.05, 0) is 37.6 Å². The Morgan fingerprint density at radius 2 is 2.12 bits per heavy atom. The monoisotopic (exact) mass is 343 g/mol. The van der Waals surface area contributed by atoms with Crippen LogP contribution in [0.5, 0.6) is 0 Å². The normalized spacial score (nSPS) is 17.0. The van der Waals surface area contributed by atoms with E-state index in [4.69, 9.17) is 4.52 Å². The maximum atomic E-state index is 12.1. The number of benzene rings is 1. The Balaban J connectivity index is 1.54. The van der Waals surface area contributed by atoms with Crippen molar-refractivity contribution in [2.24, 2.45) is 0 Å². The summed E-state index contributed by atoms with van der Waals surface area (Å²) in [5, 5.41) is 9.36. The van der Waals surface area contributed by atoms with Crippen LogP contribution in [0.2, 0.25) is 0 Å². The van der Waals surface area contributed by atoms with Crippen molar-refractivity contribution in [3.05, 3.63) is 30.1 Å². The van der Waals surface area contributed by atoms with Gasteiger partial charge in [0.1, 0.15) is 0 Å². The number of nitrogens with one attached hydrogen (secondary N) is 2. The first-order valence-corrected chi connectivity index (χ1v) is 8.31. The van der Waals surface area contributed by atoms with Crippen LogP contribution in [0.25, 0.3) is 11.5 Å². The Morgan fingerprint density at radius 3 is 2.76 bits per heavy atom. The number of aryl methyl sites for hydroxylation is 1. The molecule has 0 saturated carbocycles. The first-order valence-electron chi connectivity index (χ1n) is 8.31. The lowest BCUT2D eigenvalue weighted by atomic mass is 10.2. The summed E-state index contributed by atoms with van der Waals surface area (Å²) in [5.41, 5.74) is 1.43. The molecule has 8 nitrogen and oxygen atoms in total. The number of urea groups is 1. The van der Waals surface area contributed by atoms with E-state index in [0.717, 1.165) is 18.5 Å². The summed E-state index contributed by atoms with van der Waals surface area (Å²) >= 11 is 0. The van der Waals surface area contributed by atoms with Crippen molar-refractivity contribution < 1.29 is 14.1 Å². The molecule has 1 atom stereocenters. The zero-order valence-electron chi connectivity index (χ0n) is 14.3. The second-order valence-corrected chi connectivity index (χ2v) is 6.06. The van der Waals surface area contributed by atoms with Gasteiger partial charge in [0.2, 0.25) is 5.91 Å². The number of hydrogen-bond donors (Lipinski definition) is 2. The highest BCUT2D eigenvalue weighted by Crippen LogP contribution is 2.19. The highest BCUT2D eigenvalue weighted by molar-refractivity contribution is 5.90. The number of nitrogens with zero attached hydrogens (tertiary/aromatic N) is 3. The lowest BCUT2D eigenvalue weighted by Crippen LogP contribution is -2.39. The Kier molecular flexibility index (Phi) is 4.97. The van der Waals surface area contributed by atoms with Crippen LogP contribution in [0.15, 0.2) is 28.8 Å². The van der Waals surface area contributed by atoms with Crippen molar-refractivity contribution in [3.63, 3.8) is 0 Å². The maximum Gasteiger partial charge on any atom is 0.319 e. The molecule has 1 aromatic carbocycles. The number of likely N-dealkylation sites (tertiary alicyclic amines) is 1. The predicted octanol–water partition coefficient (Wildman–Crippen LogP) is 2.18. The van der Waals surface area contributed by atoms with E-state index >= 15 is 0 Å². The molecule has 0 aliphatic carbocycles. The molecule has 132 valence electrons. The van der Waals surface area contributed by atoms with Gasteiger partial charge in [0.05, 0.1) is 6.04 Å². The smallest absolute Gasteiger partial charge is 0.319 e. The van der Waals surface area contributed by atoms with Crippen molar-refractivity contribution in [1.29, 1.82) is 0 Å². The molecule has 25 heavy (non-hydrogen) atoms. The molecule has 1 fully saturated rings. The molecule has 2 aromatic rings. The fraction of sp³-hybridized carbons (Fsp3) is 0.412. The van der Waals surface area contributed by atoms with E-state index in [0.29, 0.717) is 30.4 Å². The third-order valence-electron chi connectivity index (χ3n) is 3.96. The van der Waals surface area contributed by atoms with Gasteiger partial charge in [-0.1, -0.05) is 12.1 Å². The zero-order chi connectivity index (χ0) is 17.8. The van der Waals surface area contributed by atoms with Crippen molar-refractivity contribution in [2.45, 2.75) is 32.7 Å². The molecule has 3 rings (SSSR count). The minimum Gasteiger partial charge on any atom is -0.341 e. The molecule has 8 heteroatoms. The van der Waals surface area contributed by atoms with E-state index in [1.54, 1.807) is 36.1 Å². The van der Waals surface area contributed by atoms with Crippen LogP contribution in [0, 0.1) is 6.92 Å². The van der Waals surface area contributed by atoms with E-state index in [9.17, 15) is 9.59 Å². The van der Waals surface area contributed by atoms with E-state index in [1.165, 1.54) is 0 Å². The Bertz CT molecular complexity index is 756. The van der Waals surface area contributed by atoms with Crippen molar-refractivity contribution in [2.75, 3.05) is 18.4 Å². The van der Waals surface area contributed by atoms with E-state index in [2.05, 4.69) is 20.8 Å². The van der Waals surface area contributed by atoms with Crippen LogP contribution in [-0.4, -0.2) is 46.1 Å². The molecule has 2 heterocycles. The highest BCUT2D eigenvalue weighted by Gasteiger charge is 2.29. The van der Waals surface area contributed by atoms with Crippen LogP contribution >= 0.6 is 0 Å². The fourth-order valence-electron chi connectivity index (χ4n) is 2.82. The summed E-state index contributed by atoms with van der Waals surface area (Å²) in [4.78, 5) is 29.9. The molecule has 1 aliphatic heterocycles. The number of amides is 3. The van der Waals surface area contributed by atoms with Gasteiger partial charge in [0.15, 0.2) is 5.82 Å². The summed E-state index contributed by atoms with van der Waals surface area (Å²) < 4.78 is 5.10. The van der Waals surface area contributed by atoms with Gasteiger partial charge in [0, 0.05) is 30.8 Å². The third-order valence-corrected chi connectivity index (χ3v) is 3.96. The maximum absolute atomic E-state index is 12.1. The van der Waals surface area contributed by atoms with Gasteiger partial charge in [-0.15, -0.1) is 0 Å². The molecule has 3 amide bonds. The fourth-order valence-corrected chi connectivity index (χ4v) is 2.82. The van der Waals surface area contributed by atoms with Gasteiger partial charge in [-0.2, -0.15) is 4.98 Å². The topological polar surface area (TPSA) is 100 Å². The van der Waals surface area contributed by atoms with E-state index in [-0.39, 0.29) is 18.0 Å². The molecule has 0 spiro atoms. The van der Waals surface area contributed by atoms with Crippen molar-refractivity contribution in [1.82, 2.24) is 20.4 Å². The van der Waals surface area contributed by atoms with Crippen LogP contribution in [0.4, 0.5) is 10.5 Å². The third kappa shape index (κ3) is 4.14. The zero-order valence-corrected chi connectivity index (χ0v) is 14.3. The summed E-state index contributed by atoms with van der Waals surface area (Å²) in [6.07, 6.45) is 1.26. The molecular formula is C17H21N5O3. The lowest BCUT2D eigenvalue weighted by Gasteiger charge is -2.16. The summed E-state index contributed by atoms with van der Waals surface area (Å²) in [5.74, 6) is 1.10. The van der Waals surface area contributed by atoms with Crippen LogP contribution in [-0.2, 0) is 4.79 Å². The van der Waals surface area contributed by atoms with E-state index < -0.39 is 0 Å². The number of carbonyl (C=O) groups excluding carboxylic acids is 2. The predicted molar refractivity (Wildman–Crippen MR) is 91.9 cm³/mol. The lowest BCUT2D eigenvalue weighted by molar-refractivity contribution is -0.127. The number of rotatable bonds is 5. The van der Waals surface area contributed by atoms with Crippen LogP contribution in [0.3, 0.4) is 0 Å². The second-order valence-electron chi connectivity index (χ2n) is 6.06. The minimum absolute atomic E-state index is 0.0892. The quantitative estimate of drug-likeness (QED) is 0.866. The molecule has 1 aromatic heterocycles. The summed E-state index contributed by atoms with van der Waals surface area (Å²) in [6, 6.07) is 6.64. The van der Waals surface area contributed by atoms with Crippen LogP contribution < -0.4 is 10.6 Å². The van der Waals surface area contributed by atoms with Crippen LogP contribution in [0.1, 0.15) is 25.6 Å². The second kappa shape index (κ2) is 7.33. The highest BCUT2D eigenvalue weighted by atomic mass is 16.5. The van der Waals surface area contributed by atoms with Gasteiger partial charge in [-0.3, -0.25) is 4.79 Å². The number of aromatic nitrogens is 2. The van der Waals surface area contributed by atoms with Gasteiger partial charge in [-0.25, -0.2) is 4.79 Å². The number of anilines is 1. The SMILES string of the molecule is CCCN1C[C@@H](NC(=O)Nc2ccc(-c3nc(C)no3)cc2)CC1=O. The molecule has 1 saturated heterocycles. The van der Waals surface area contributed by atoms with Gasteiger partial charge in [0.25, 0.3) is 5.89 Å². The number of hydrogen-bond acceptors (Lipinski definition) is 5.